The SMILES string of the molecule is CCC(C)(C)n1ccc2cc(C(=O)N[C@H](C)c3ccc(F)cc3)ccc2c1=O. The van der Waals surface area contributed by atoms with E-state index in [0.29, 0.717) is 10.9 Å². The third-order valence-electron chi connectivity index (χ3n) is 5.40. The predicted molar refractivity (Wildman–Crippen MR) is 110 cm³/mol. The molecule has 4 nitrogen and oxygen atoms in total. The Morgan fingerprint density at radius 2 is 1.82 bits per heavy atom. The summed E-state index contributed by atoms with van der Waals surface area (Å²) in [5.74, 6) is -0.550. The van der Waals surface area contributed by atoms with Crippen molar-refractivity contribution in [2.75, 3.05) is 0 Å². The third kappa shape index (κ3) is 3.84. The highest BCUT2D eigenvalue weighted by atomic mass is 19.1. The van der Waals surface area contributed by atoms with E-state index in [4.69, 9.17) is 0 Å². The zero-order valence-corrected chi connectivity index (χ0v) is 16.6. The summed E-state index contributed by atoms with van der Waals surface area (Å²) in [5, 5.41) is 4.23. The van der Waals surface area contributed by atoms with Gasteiger partial charge in [0.05, 0.1) is 6.04 Å². The summed E-state index contributed by atoms with van der Waals surface area (Å²) in [6, 6.07) is 12.8. The Hall–Kier alpha value is -2.95. The van der Waals surface area contributed by atoms with Crippen LogP contribution in [0.4, 0.5) is 4.39 Å². The summed E-state index contributed by atoms with van der Waals surface area (Å²) in [4.78, 5) is 25.5. The largest absolute Gasteiger partial charge is 0.346 e. The Labute approximate surface area is 164 Å². The molecule has 0 aliphatic heterocycles. The second kappa shape index (κ2) is 7.58. The molecule has 1 heterocycles. The minimum absolute atomic E-state index is 0.0593. The molecule has 2 aromatic carbocycles. The van der Waals surface area contributed by atoms with Crippen LogP contribution in [0.3, 0.4) is 0 Å². The van der Waals surface area contributed by atoms with Gasteiger partial charge in [-0.05, 0) is 74.5 Å². The van der Waals surface area contributed by atoms with Gasteiger partial charge in [-0.2, -0.15) is 0 Å². The number of fused-ring (bicyclic) bond motifs is 1. The summed E-state index contributed by atoms with van der Waals surface area (Å²) in [6.45, 7) is 7.95. The molecule has 0 spiro atoms. The van der Waals surface area contributed by atoms with E-state index in [2.05, 4.69) is 5.32 Å². The number of carbonyl (C=O) groups is 1. The highest BCUT2D eigenvalue weighted by Gasteiger charge is 2.20. The van der Waals surface area contributed by atoms with Crippen LogP contribution in [0, 0.1) is 5.82 Å². The van der Waals surface area contributed by atoms with Gasteiger partial charge in [0.25, 0.3) is 11.5 Å². The number of nitrogens with one attached hydrogen (secondary N) is 1. The summed E-state index contributed by atoms with van der Waals surface area (Å²) in [7, 11) is 0. The number of hydrogen-bond acceptors (Lipinski definition) is 2. The molecule has 1 aromatic heterocycles. The summed E-state index contributed by atoms with van der Waals surface area (Å²) < 4.78 is 14.8. The van der Waals surface area contributed by atoms with Crippen LogP contribution in [-0.2, 0) is 5.54 Å². The fourth-order valence-corrected chi connectivity index (χ4v) is 3.15. The van der Waals surface area contributed by atoms with Crippen LogP contribution in [-0.4, -0.2) is 10.5 Å². The van der Waals surface area contributed by atoms with E-state index in [9.17, 15) is 14.0 Å². The first-order valence-electron chi connectivity index (χ1n) is 9.45. The molecule has 3 aromatic rings. The number of amides is 1. The second-order valence-electron chi connectivity index (χ2n) is 7.71. The van der Waals surface area contributed by atoms with Crippen molar-refractivity contribution in [3.05, 3.63) is 82.0 Å². The Morgan fingerprint density at radius 3 is 2.46 bits per heavy atom. The zero-order valence-electron chi connectivity index (χ0n) is 16.6. The first kappa shape index (κ1) is 19.8. The van der Waals surface area contributed by atoms with Crippen molar-refractivity contribution in [1.29, 1.82) is 0 Å². The van der Waals surface area contributed by atoms with Crippen LogP contribution in [0.15, 0.2) is 59.5 Å². The van der Waals surface area contributed by atoms with E-state index < -0.39 is 0 Å². The molecule has 0 aliphatic rings. The number of carbonyl (C=O) groups excluding carboxylic acids is 1. The number of pyridine rings is 1. The third-order valence-corrected chi connectivity index (χ3v) is 5.40. The molecule has 5 heteroatoms. The van der Waals surface area contributed by atoms with Gasteiger partial charge < -0.3 is 9.88 Å². The van der Waals surface area contributed by atoms with E-state index in [-0.39, 0.29) is 28.9 Å². The average molecular weight is 380 g/mol. The number of benzene rings is 2. The highest BCUT2D eigenvalue weighted by Crippen LogP contribution is 2.20. The van der Waals surface area contributed by atoms with Crippen LogP contribution < -0.4 is 10.9 Å². The number of nitrogens with zero attached hydrogens (tertiary/aromatic N) is 1. The molecule has 28 heavy (non-hydrogen) atoms. The minimum atomic E-state index is -0.311. The Kier molecular flexibility index (Phi) is 5.36. The monoisotopic (exact) mass is 380 g/mol. The number of halogens is 1. The maximum absolute atomic E-state index is 13.1. The average Bonchev–Trinajstić information content (AvgIpc) is 2.68. The van der Waals surface area contributed by atoms with E-state index >= 15 is 0 Å². The van der Waals surface area contributed by atoms with Gasteiger partial charge in [0, 0.05) is 22.7 Å². The predicted octanol–water partition coefficient (Wildman–Crippen LogP) is 4.78. The van der Waals surface area contributed by atoms with Gasteiger partial charge in [-0.3, -0.25) is 9.59 Å². The minimum Gasteiger partial charge on any atom is -0.346 e. The van der Waals surface area contributed by atoms with Gasteiger partial charge in [0.2, 0.25) is 0 Å². The lowest BCUT2D eigenvalue weighted by Crippen LogP contribution is -2.35. The van der Waals surface area contributed by atoms with Crippen molar-refractivity contribution >= 4 is 16.7 Å². The van der Waals surface area contributed by atoms with Crippen LogP contribution in [0.2, 0.25) is 0 Å². The van der Waals surface area contributed by atoms with Crippen molar-refractivity contribution in [3.8, 4) is 0 Å². The van der Waals surface area contributed by atoms with Crippen LogP contribution >= 0.6 is 0 Å². The molecule has 3 rings (SSSR count). The first-order valence-corrected chi connectivity index (χ1v) is 9.45. The Bertz CT molecular complexity index is 1070. The molecule has 0 saturated heterocycles. The molecule has 0 fully saturated rings. The van der Waals surface area contributed by atoms with Gasteiger partial charge in [0.15, 0.2) is 0 Å². The molecule has 0 unspecified atom stereocenters. The highest BCUT2D eigenvalue weighted by molar-refractivity contribution is 5.98. The van der Waals surface area contributed by atoms with E-state index in [1.165, 1.54) is 12.1 Å². The Balaban J connectivity index is 1.88. The van der Waals surface area contributed by atoms with Crippen LogP contribution in [0.5, 0.6) is 0 Å². The summed E-state index contributed by atoms with van der Waals surface area (Å²) >= 11 is 0. The maximum Gasteiger partial charge on any atom is 0.258 e. The lowest BCUT2D eigenvalue weighted by molar-refractivity contribution is 0.0940. The molecule has 0 aliphatic carbocycles. The zero-order chi connectivity index (χ0) is 20.5. The van der Waals surface area contributed by atoms with Crippen molar-refractivity contribution in [2.45, 2.75) is 45.7 Å². The molecule has 1 amide bonds. The lowest BCUT2D eigenvalue weighted by atomic mass is 10.00. The van der Waals surface area contributed by atoms with Gasteiger partial charge >= 0.3 is 0 Å². The molecule has 0 saturated carbocycles. The normalized spacial score (nSPS) is 12.8. The van der Waals surface area contributed by atoms with Crippen molar-refractivity contribution in [1.82, 2.24) is 9.88 Å². The van der Waals surface area contributed by atoms with Gasteiger partial charge in [-0.1, -0.05) is 19.1 Å². The second-order valence-corrected chi connectivity index (χ2v) is 7.71. The molecule has 146 valence electrons. The van der Waals surface area contributed by atoms with E-state index in [1.807, 2.05) is 33.8 Å². The molecule has 0 bridgehead atoms. The van der Waals surface area contributed by atoms with Crippen LogP contribution in [0.1, 0.15) is 56.1 Å². The van der Waals surface area contributed by atoms with E-state index in [0.717, 1.165) is 17.4 Å². The quantitative estimate of drug-likeness (QED) is 0.693. The standard InChI is InChI=1S/C23H25FN2O2/c1-5-23(3,4)26-13-12-17-14-18(8-11-20(17)22(26)28)21(27)25-15(2)16-6-9-19(24)10-7-16/h6-15H,5H2,1-4H3,(H,25,27)/t15-/m1/s1. The molecule has 1 N–H and O–H groups in total. The fourth-order valence-electron chi connectivity index (χ4n) is 3.15. The molecule has 1 atom stereocenters. The first-order chi connectivity index (χ1) is 13.2. The fraction of sp³-hybridized carbons (Fsp3) is 0.304. The van der Waals surface area contributed by atoms with Gasteiger partial charge in [-0.25, -0.2) is 4.39 Å². The number of hydrogen-bond donors (Lipinski definition) is 1. The molecular weight excluding hydrogens is 355 g/mol. The number of rotatable bonds is 5. The van der Waals surface area contributed by atoms with Gasteiger partial charge in [-0.15, -0.1) is 0 Å². The maximum atomic E-state index is 13.1. The number of aromatic nitrogens is 1. The van der Waals surface area contributed by atoms with E-state index in [1.54, 1.807) is 41.1 Å². The van der Waals surface area contributed by atoms with Crippen molar-refractivity contribution in [3.63, 3.8) is 0 Å². The lowest BCUT2D eigenvalue weighted by Gasteiger charge is -2.26. The smallest absolute Gasteiger partial charge is 0.258 e. The van der Waals surface area contributed by atoms with Crippen molar-refractivity contribution < 1.29 is 9.18 Å². The van der Waals surface area contributed by atoms with Gasteiger partial charge in [0.1, 0.15) is 5.82 Å². The van der Waals surface area contributed by atoms with Crippen LogP contribution in [0.25, 0.3) is 10.8 Å². The summed E-state index contributed by atoms with van der Waals surface area (Å²) in [5.41, 5.74) is 0.968. The molecule has 0 radical (unpaired) electrons. The molecular formula is C23H25FN2O2. The topological polar surface area (TPSA) is 51.1 Å². The summed E-state index contributed by atoms with van der Waals surface area (Å²) in [6.07, 6.45) is 2.62. The Morgan fingerprint density at radius 1 is 1.14 bits per heavy atom. The van der Waals surface area contributed by atoms with Crippen molar-refractivity contribution in [2.24, 2.45) is 0 Å².